The molecule has 4 aromatic rings. The molecule has 2 fully saturated rings. The first-order valence-corrected chi connectivity index (χ1v) is 18.2. The lowest BCUT2D eigenvalue weighted by molar-refractivity contribution is -0.746. The summed E-state index contributed by atoms with van der Waals surface area (Å²) in [7, 11) is -6.73. The lowest BCUT2D eigenvalue weighted by Gasteiger charge is -2.18. The van der Waals surface area contributed by atoms with Crippen molar-refractivity contribution >= 4 is 49.9 Å². The second-order valence-corrected chi connectivity index (χ2v) is 14.7. The molecule has 4 aromatic heterocycles. The van der Waals surface area contributed by atoms with Crippen molar-refractivity contribution in [2.75, 3.05) is 37.9 Å². The number of aliphatic hydroxyl groups is 4. The van der Waals surface area contributed by atoms with Gasteiger partial charge in [0, 0.05) is 0 Å². The zero-order chi connectivity index (χ0) is 37.9. The number of anilines is 2. The monoisotopic (exact) mass is 782 g/mol. The summed E-state index contributed by atoms with van der Waals surface area (Å²) in [5.74, 6) is -0.429. The Morgan fingerprint density at radius 2 is 1.10 bits per heavy atom. The summed E-state index contributed by atoms with van der Waals surface area (Å²) in [4.78, 5) is 57.6. The van der Waals surface area contributed by atoms with Crippen molar-refractivity contribution in [1.82, 2.24) is 29.1 Å². The van der Waals surface area contributed by atoms with Crippen LogP contribution in [0.1, 0.15) is 12.5 Å². The first kappa shape index (κ1) is 38.0. The normalized spacial score (nSPS) is 28.8. The molecule has 6 heterocycles. The molecule has 28 heteroatoms. The third kappa shape index (κ3) is 7.39. The number of nitrogens with one attached hydrogen (secondary N) is 2. The highest BCUT2D eigenvalue weighted by atomic mass is 31.2. The number of hydrogen-bond donors (Lipinski definition) is 10. The van der Waals surface area contributed by atoms with Crippen LogP contribution in [0.5, 0.6) is 0 Å². The van der Waals surface area contributed by atoms with Crippen LogP contribution in [0.2, 0.25) is 0 Å². The van der Waals surface area contributed by atoms with Gasteiger partial charge >= 0.3 is 26.9 Å². The van der Waals surface area contributed by atoms with Crippen LogP contribution in [0.25, 0.3) is 22.3 Å². The number of rotatable bonds is 13. The van der Waals surface area contributed by atoms with Crippen LogP contribution in [0, 0.1) is 0 Å². The van der Waals surface area contributed by atoms with Crippen molar-refractivity contribution in [2.45, 2.75) is 49.1 Å². The molecule has 0 saturated carbocycles. The maximum Gasteiger partial charge on any atom is 0.472 e. The molecular formula is C24H36N10O16P2+2. The molecule has 6 rings (SSSR count). The Morgan fingerprint density at radius 1 is 0.731 bits per heavy atom. The minimum atomic E-state index is -4.89. The molecule has 286 valence electrons. The first-order valence-electron chi connectivity index (χ1n) is 15.2. The number of aryl methyl sites for hydroxylation is 2. The molecule has 0 radical (unpaired) electrons. The highest BCUT2D eigenvalue weighted by molar-refractivity contribution is 7.47. The van der Waals surface area contributed by atoms with Gasteiger partial charge in [0.05, 0.1) is 40.5 Å². The number of ether oxygens (including phenoxy) is 2. The van der Waals surface area contributed by atoms with Gasteiger partial charge in [-0.2, -0.15) is 0 Å². The summed E-state index contributed by atoms with van der Waals surface area (Å²) >= 11 is 0. The van der Waals surface area contributed by atoms with Gasteiger partial charge in [0.2, 0.25) is 23.5 Å². The van der Waals surface area contributed by atoms with Crippen LogP contribution in [-0.2, 0) is 50.8 Å². The Morgan fingerprint density at radius 3 is 1.46 bits per heavy atom. The van der Waals surface area contributed by atoms with Crippen molar-refractivity contribution in [3.05, 3.63) is 33.4 Å². The van der Waals surface area contributed by atoms with Gasteiger partial charge in [-0.25, -0.2) is 18.3 Å². The Kier molecular flexibility index (Phi) is 10.4. The molecule has 2 aliphatic heterocycles. The number of hydrogen-bond acceptors (Lipinski definition) is 18. The number of nitrogens with two attached hydrogens (primary N) is 2. The largest absolute Gasteiger partial charge is 0.472 e. The van der Waals surface area contributed by atoms with E-state index in [4.69, 9.17) is 39.0 Å². The van der Waals surface area contributed by atoms with Crippen LogP contribution in [0.3, 0.4) is 0 Å². The summed E-state index contributed by atoms with van der Waals surface area (Å²) in [6.45, 7) is -3.07. The fourth-order valence-corrected chi connectivity index (χ4v) is 7.25. The van der Waals surface area contributed by atoms with Crippen LogP contribution in [-0.4, -0.2) is 122 Å². The molecular weight excluding hydrogens is 746 g/mol. The molecule has 2 unspecified atom stereocenters. The van der Waals surface area contributed by atoms with Gasteiger partial charge in [-0.1, -0.05) is 9.97 Å². The van der Waals surface area contributed by atoms with E-state index >= 15 is 0 Å². The SMILES string of the molecule is Cn1c[n+]([C@@H]2O[C@H](COP(=O)(O)OCCOP(=O)(O)OC[C@H]3O[C@@H]([n+]4cn(C)c5c(=O)[nH]c(N)nc54)[C@H](O)[C@@H]3O)[C@@H](O)[C@H]2O)c2nc(N)[nH]c(=O)c21. The highest BCUT2D eigenvalue weighted by Gasteiger charge is 2.49. The van der Waals surface area contributed by atoms with Crippen molar-refractivity contribution in [3.63, 3.8) is 0 Å². The van der Waals surface area contributed by atoms with Gasteiger partial charge in [-0.15, -0.1) is 0 Å². The number of nitrogens with zero attached hydrogens (tertiary/aromatic N) is 6. The van der Waals surface area contributed by atoms with E-state index in [0.29, 0.717) is 0 Å². The van der Waals surface area contributed by atoms with E-state index in [1.165, 1.54) is 45.0 Å². The van der Waals surface area contributed by atoms with Crippen LogP contribution >= 0.6 is 15.6 Å². The third-order valence-electron chi connectivity index (χ3n) is 8.20. The molecule has 2 aliphatic rings. The topological polar surface area (TPSA) is 372 Å². The van der Waals surface area contributed by atoms with E-state index in [2.05, 4.69) is 19.9 Å². The molecule has 0 spiro atoms. The predicted octanol–water partition coefficient (Wildman–Crippen LogP) is -5.22. The molecule has 52 heavy (non-hydrogen) atoms. The number of phosphoric ester groups is 2. The maximum atomic E-state index is 12.4. The lowest BCUT2D eigenvalue weighted by atomic mass is 10.1. The molecule has 0 aromatic carbocycles. The zero-order valence-electron chi connectivity index (χ0n) is 27.1. The standard InChI is InChI=1S/C24H34N10O16P2/c1-31-7-33(17-11(31)19(39)29-23(25)27-17)21-15(37)13(35)9(49-21)5-47-51(41,42)45-3-4-46-52(43,44)48-6-10-14(36)16(38)22(50-10)34-8-32(2)12-18(34)28-24(26)30-20(12)40/h7-10,13-16,21-22,35-38H,3-6H2,1-2H3,(H6-2,25,26,27,28,29,30,39,40,41,42,43,44)/p+2/t9-,10-,13-,14-,15-,16-,21-,22-/m1/s1. The molecule has 0 amide bonds. The van der Waals surface area contributed by atoms with Crippen molar-refractivity contribution in [1.29, 1.82) is 0 Å². The van der Waals surface area contributed by atoms with E-state index in [0.717, 1.165) is 0 Å². The lowest BCUT2D eigenvalue weighted by Crippen LogP contribution is -2.46. The Labute approximate surface area is 289 Å². The molecule has 12 N–H and O–H groups in total. The molecule has 26 nitrogen and oxygen atoms in total. The van der Waals surface area contributed by atoms with Gasteiger partial charge in [-0.05, 0) is 0 Å². The smallest absolute Gasteiger partial charge is 0.387 e. The molecule has 0 bridgehead atoms. The average Bonchev–Trinajstić information content (AvgIpc) is 3.74. The maximum absolute atomic E-state index is 12.4. The van der Waals surface area contributed by atoms with Gasteiger partial charge < -0.3 is 51.2 Å². The van der Waals surface area contributed by atoms with Crippen LogP contribution < -0.4 is 31.7 Å². The fourth-order valence-electron chi connectivity index (χ4n) is 5.82. The van der Waals surface area contributed by atoms with Crippen LogP contribution in [0.4, 0.5) is 11.9 Å². The van der Waals surface area contributed by atoms with Gasteiger partial charge in [-0.3, -0.25) is 46.8 Å². The molecule has 0 aliphatic carbocycles. The predicted molar refractivity (Wildman–Crippen MR) is 167 cm³/mol. The van der Waals surface area contributed by atoms with Crippen molar-refractivity contribution in [3.8, 4) is 0 Å². The Bertz CT molecular complexity index is 2040. The number of aromatic amines is 2. The summed E-state index contributed by atoms with van der Waals surface area (Å²) < 4.78 is 60.7. The zero-order valence-corrected chi connectivity index (χ0v) is 28.9. The third-order valence-corrected chi connectivity index (χ3v) is 10.2. The van der Waals surface area contributed by atoms with Crippen LogP contribution in [0.15, 0.2) is 22.2 Å². The summed E-state index contributed by atoms with van der Waals surface area (Å²) in [6.07, 6.45) is -9.06. The Balaban J connectivity index is 0.974. The summed E-state index contributed by atoms with van der Waals surface area (Å²) in [5, 5.41) is 42.3. The van der Waals surface area contributed by atoms with Crippen molar-refractivity contribution < 1.29 is 76.0 Å². The minimum absolute atomic E-state index is 0.0268. The summed E-state index contributed by atoms with van der Waals surface area (Å²) in [5.41, 5.74) is 10.4. The summed E-state index contributed by atoms with van der Waals surface area (Å²) in [6, 6.07) is 0. The van der Waals surface area contributed by atoms with Crippen molar-refractivity contribution in [2.24, 2.45) is 14.1 Å². The minimum Gasteiger partial charge on any atom is -0.387 e. The van der Waals surface area contributed by atoms with E-state index in [9.17, 15) is 48.9 Å². The van der Waals surface area contributed by atoms with E-state index in [-0.39, 0.29) is 34.2 Å². The van der Waals surface area contributed by atoms with E-state index < -0.39 is 102 Å². The second-order valence-electron chi connectivity index (χ2n) is 11.8. The second kappa shape index (κ2) is 14.3. The molecule has 2 saturated heterocycles. The first-order chi connectivity index (χ1) is 24.4. The number of imidazole rings is 2. The quantitative estimate of drug-likeness (QED) is 0.0344. The number of fused-ring (bicyclic) bond motifs is 2. The highest BCUT2D eigenvalue weighted by Crippen LogP contribution is 2.46. The Hall–Kier alpha value is -3.72. The number of phosphoric acid groups is 2. The number of aromatic nitrogens is 8. The van der Waals surface area contributed by atoms with Gasteiger partial charge in [0.1, 0.15) is 36.6 Å². The number of nitrogen functional groups attached to an aromatic ring is 2. The van der Waals surface area contributed by atoms with E-state index in [1.54, 1.807) is 0 Å². The number of H-pyrrole nitrogens is 2. The average molecular weight is 783 g/mol. The van der Waals surface area contributed by atoms with E-state index in [1.807, 2.05) is 0 Å². The number of aliphatic hydroxyl groups excluding tert-OH is 4. The molecule has 10 atom stereocenters. The van der Waals surface area contributed by atoms with Gasteiger partial charge in [0.15, 0.2) is 12.7 Å². The van der Waals surface area contributed by atoms with Gasteiger partial charge in [0.25, 0.3) is 23.0 Å². The fraction of sp³-hybridized carbons (Fsp3) is 0.583.